The third-order valence-electron chi connectivity index (χ3n) is 1.84. The van der Waals surface area contributed by atoms with Gasteiger partial charge in [-0.2, -0.15) is 0 Å². The molecule has 0 bridgehead atoms. The van der Waals surface area contributed by atoms with Crippen molar-refractivity contribution in [3.05, 3.63) is 0 Å². The van der Waals surface area contributed by atoms with Gasteiger partial charge in [-0.15, -0.1) is 0 Å². The maximum absolute atomic E-state index is 11.3. The molecule has 1 amide bonds. The number of aldehydes is 1. The zero-order valence-electron chi connectivity index (χ0n) is 12.5. The Morgan fingerprint density at radius 1 is 1.00 bits per heavy atom. The molecule has 0 aliphatic heterocycles. The van der Waals surface area contributed by atoms with E-state index in [4.69, 9.17) is 18.9 Å². The SMILES string of the molecule is CC(C)(C)OC(=O)NCCOCCOCCOCC=O. The molecule has 0 atom stereocenters. The Labute approximate surface area is 119 Å². The molecule has 20 heavy (non-hydrogen) atoms. The van der Waals surface area contributed by atoms with E-state index in [1.807, 2.05) is 0 Å². The first kappa shape index (κ1) is 18.8. The third kappa shape index (κ3) is 14.9. The summed E-state index contributed by atoms with van der Waals surface area (Å²) in [6, 6.07) is 0. The fraction of sp³-hybridized carbons (Fsp3) is 0.846. The van der Waals surface area contributed by atoms with Crippen molar-refractivity contribution in [1.82, 2.24) is 5.32 Å². The van der Waals surface area contributed by atoms with E-state index in [1.165, 1.54) is 0 Å². The predicted molar refractivity (Wildman–Crippen MR) is 72.8 cm³/mol. The van der Waals surface area contributed by atoms with Gasteiger partial charge in [0.15, 0.2) is 0 Å². The Morgan fingerprint density at radius 3 is 2.10 bits per heavy atom. The number of carbonyl (C=O) groups excluding carboxylic acids is 2. The molecular weight excluding hydrogens is 266 g/mol. The molecule has 0 aromatic rings. The van der Waals surface area contributed by atoms with Crippen LogP contribution in [0.5, 0.6) is 0 Å². The zero-order valence-corrected chi connectivity index (χ0v) is 12.5. The van der Waals surface area contributed by atoms with Crippen LogP contribution in [-0.4, -0.2) is 64.2 Å². The smallest absolute Gasteiger partial charge is 0.407 e. The minimum atomic E-state index is -0.495. The Morgan fingerprint density at radius 2 is 1.55 bits per heavy atom. The number of ether oxygens (including phenoxy) is 4. The number of hydrogen-bond acceptors (Lipinski definition) is 6. The summed E-state index contributed by atoms with van der Waals surface area (Å²) in [7, 11) is 0. The number of carbonyl (C=O) groups is 2. The molecule has 0 fully saturated rings. The van der Waals surface area contributed by atoms with Gasteiger partial charge in [0, 0.05) is 6.54 Å². The van der Waals surface area contributed by atoms with Crippen LogP contribution in [0.2, 0.25) is 0 Å². The van der Waals surface area contributed by atoms with Gasteiger partial charge in [-0.3, -0.25) is 0 Å². The van der Waals surface area contributed by atoms with E-state index < -0.39 is 11.7 Å². The highest BCUT2D eigenvalue weighted by molar-refractivity contribution is 5.67. The highest BCUT2D eigenvalue weighted by atomic mass is 16.6. The lowest BCUT2D eigenvalue weighted by Gasteiger charge is -2.19. The van der Waals surface area contributed by atoms with Crippen LogP contribution in [0.25, 0.3) is 0 Å². The number of alkyl carbamates (subject to hydrolysis) is 1. The summed E-state index contributed by atoms with van der Waals surface area (Å²) in [6.07, 6.45) is 0.241. The summed E-state index contributed by atoms with van der Waals surface area (Å²) in [6.45, 7) is 7.97. The molecule has 118 valence electrons. The highest BCUT2D eigenvalue weighted by Gasteiger charge is 2.15. The van der Waals surface area contributed by atoms with Gasteiger partial charge in [0.25, 0.3) is 0 Å². The van der Waals surface area contributed by atoms with E-state index in [1.54, 1.807) is 20.8 Å². The van der Waals surface area contributed by atoms with Crippen LogP contribution in [0.15, 0.2) is 0 Å². The van der Waals surface area contributed by atoms with Crippen LogP contribution in [0.3, 0.4) is 0 Å². The van der Waals surface area contributed by atoms with E-state index in [2.05, 4.69) is 5.32 Å². The van der Waals surface area contributed by atoms with Gasteiger partial charge in [0.1, 0.15) is 18.5 Å². The summed E-state index contributed by atoms with van der Waals surface area (Å²) in [5, 5.41) is 2.58. The lowest BCUT2D eigenvalue weighted by molar-refractivity contribution is -0.112. The van der Waals surface area contributed by atoms with Gasteiger partial charge in [-0.05, 0) is 20.8 Å². The normalized spacial score (nSPS) is 11.2. The maximum atomic E-state index is 11.3. The van der Waals surface area contributed by atoms with Crippen molar-refractivity contribution in [1.29, 1.82) is 0 Å². The summed E-state index contributed by atoms with van der Waals surface area (Å²) >= 11 is 0. The molecule has 0 spiro atoms. The molecule has 0 heterocycles. The van der Waals surface area contributed by atoms with Gasteiger partial charge in [-0.25, -0.2) is 4.79 Å². The molecule has 7 nitrogen and oxygen atoms in total. The Kier molecular flexibility index (Phi) is 10.9. The first-order chi connectivity index (χ1) is 9.45. The minimum Gasteiger partial charge on any atom is -0.444 e. The molecule has 0 saturated carbocycles. The molecule has 0 aromatic carbocycles. The standard InChI is InChI=1S/C13H25NO6/c1-13(2,3)20-12(16)14-4-6-17-8-10-19-11-9-18-7-5-15/h5H,4,6-11H2,1-3H3,(H,14,16). The lowest BCUT2D eigenvalue weighted by Crippen LogP contribution is -2.34. The van der Waals surface area contributed by atoms with Crippen LogP contribution >= 0.6 is 0 Å². The van der Waals surface area contributed by atoms with Gasteiger partial charge < -0.3 is 29.1 Å². The molecule has 1 N–H and O–H groups in total. The molecule has 0 aliphatic carbocycles. The summed E-state index contributed by atoms with van der Waals surface area (Å²) in [5.74, 6) is 0. The fourth-order valence-corrected chi connectivity index (χ4v) is 1.11. The van der Waals surface area contributed by atoms with Gasteiger partial charge >= 0.3 is 6.09 Å². The Bertz CT molecular complexity index is 264. The number of nitrogens with one attached hydrogen (secondary N) is 1. The minimum absolute atomic E-state index is 0.0934. The Hall–Kier alpha value is -1.18. The second-order valence-corrected chi connectivity index (χ2v) is 4.89. The first-order valence-electron chi connectivity index (χ1n) is 6.59. The van der Waals surface area contributed by atoms with E-state index in [0.717, 1.165) is 0 Å². The highest BCUT2D eigenvalue weighted by Crippen LogP contribution is 2.05. The van der Waals surface area contributed by atoms with Crippen LogP contribution < -0.4 is 5.32 Å². The van der Waals surface area contributed by atoms with Crippen molar-refractivity contribution in [2.75, 3.05) is 46.2 Å². The van der Waals surface area contributed by atoms with Crippen LogP contribution in [0.1, 0.15) is 20.8 Å². The molecule has 0 unspecified atom stereocenters. The van der Waals surface area contributed by atoms with Gasteiger partial charge in [0.2, 0.25) is 0 Å². The number of amides is 1. The first-order valence-corrected chi connectivity index (χ1v) is 6.59. The van der Waals surface area contributed by atoms with E-state index in [-0.39, 0.29) is 6.61 Å². The lowest BCUT2D eigenvalue weighted by atomic mass is 10.2. The number of rotatable bonds is 11. The van der Waals surface area contributed by atoms with Crippen molar-refractivity contribution in [2.24, 2.45) is 0 Å². The van der Waals surface area contributed by atoms with Crippen molar-refractivity contribution in [3.63, 3.8) is 0 Å². The van der Waals surface area contributed by atoms with Crippen LogP contribution in [-0.2, 0) is 23.7 Å². The second kappa shape index (κ2) is 11.6. The monoisotopic (exact) mass is 291 g/mol. The fourth-order valence-electron chi connectivity index (χ4n) is 1.11. The molecular formula is C13H25NO6. The second-order valence-electron chi connectivity index (χ2n) is 4.89. The van der Waals surface area contributed by atoms with Gasteiger partial charge in [0.05, 0.1) is 33.0 Å². The molecule has 0 aliphatic rings. The number of hydrogen-bond donors (Lipinski definition) is 1. The third-order valence-corrected chi connectivity index (χ3v) is 1.84. The quantitative estimate of drug-likeness (QED) is 0.447. The average molecular weight is 291 g/mol. The van der Waals surface area contributed by atoms with Crippen LogP contribution in [0, 0.1) is 0 Å². The molecule has 0 radical (unpaired) electrons. The van der Waals surface area contributed by atoms with Gasteiger partial charge in [-0.1, -0.05) is 0 Å². The van der Waals surface area contributed by atoms with Crippen molar-refractivity contribution < 1.29 is 28.5 Å². The summed E-state index contributed by atoms with van der Waals surface area (Å²) in [4.78, 5) is 21.2. The van der Waals surface area contributed by atoms with Crippen molar-refractivity contribution >= 4 is 12.4 Å². The van der Waals surface area contributed by atoms with E-state index in [0.29, 0.717) is 45.9 Å². The maximum Gasteiger partial charge on any atom is 0.407 e. The Balaban J connectivity index is 3.20. The molecule has 0 aromatic heterocycles. The van der Waals surface area contributed by atoms with Crippen LogP contribution in [0.4, 0.5) is 4.79 Å². The summed E-state index contributed by atoms with van der Waals surface area (Å²) < 4.78 is 20.4. The van der Waals surface area contributed by atoms with Crippen molar-refractivity contribution in [2.45, 2.75) is 26.4 Å². The molecule has 0 saturated heterocycles. The largest absolute Gasteiger partial charge is 0.444 e. The van der Waals surface area contributed by atoms with E-state index >= 15 is 0 Å². The zero-order chi connectivity index (χ0) is 15.3. The summed E-state index contributed by atoms with van der Waals surface area (Å²) in [5.41, 5.74) is -0.495. The topological polar surface area (TPSA) is 83.1 Å². The average Bonchev–Trinajstić information content (AvgIpc) is 2.34. The predicted octanol–water partition coefficient (Wildman–Crippen LogP) is 0.760. The van der Waals surface area contributed by atoms with Crippen molar-refractivity contribution in [3.8, 4) is 0 Å². The molecule has 7 heteroatoms. The molecule has 0 rings (SSSR count). The van der Waals surface area contributed by atoms with E-state index in [9.17, 15) is 9.59 Å².